The second-order valence-electron chi connectivity index (χ2n) is 8.14. The van der Waals surface area contributed by atoms with Crippen molar-refractivity contribution in [3.05, 3.63) is 125 Å². The molecule has 1 aliphatic rings. The Balaban J connectivity index is 1.69. The molecule has 1 aliphatic heterocycles. The number of aromatic hydroxyl groups is 1. The Morgan fingerprint density at radius 1 is 1.08 bits per heavy atom. The second-order valence-corrected chi connectivity index (χ2v) is 9.99. The third-order valence-corrected chi connectivity index (χ3v) is 7.25. The van der Waals surface area contributed by atoms with E-state index in [1.54, 1.807) is 19.1 Å². The number of allylic oxidation sites excluding steroid dienone is 1. The third-order valence-electron chi connectivity index (χ3n) is 5.76. The number of hydrogen-bond acceptors (Lipinski definition) is 5. The highest BCUT2D eigenvalue weighted by Crippen LogP contribution is 2.32. The van der Waals surface area contributed by atoms with Crippen molar-refractivity contribution < 1.29 is 9.90 Å². The van der Waals surface area contributed by atoms with Crippen molar-refractivity contribution in [2.75, 3.05) is 5.32 Å². The average Bonchev–Trinajstić information content (AvgIpc) is 3.16. The van der Waals surface area contributed by atoms with Crippen molar-refractivity contribution in [1.82, 2.24) is 4.57 Å². The third kappa shape index (κ3) is 4.48. The Labute approximate surface area is 220 Å². The van der Waals surface area contributed by atoms with Crippen LogP contribution in [0.2, 0.25) is 10.0 Å². The predicted octanol–water partition coefficient (Wildman–Crippen LogP) is 4.89. The lowest BCUT2D eigenvalue weighted by Crippen LogP contribution is -2.40. The van der Waals surface area contributed by atoms with Crippen molar-refractivity contribution in [2.24, 2.45) is 4.99 Å². The molecule has 0 fully saturated rings. The molecule has 0 saturated heterocycles. The summed E-state index contributed by atoms with van der Waals surface area (Å²) in [6, 6.07) is 20.7. The summed E-state index contributed by atoms with van der Waals surface area (Å²) < 4.78 is 1.84. The molecule has 0 bridgehead atoms. The van der Waals surface area contributed by atoms with Gasteiger partial charge in [-0.2, -0.15) is 0 Å². The molecule has 2 N–H and O–H groups in total. The first-order valence-corrected chi connectivity index (χ1v) is 12.5. The molecule has 2 heterocycles. The molecule has 0 aliphatic carbocycles. The molecule has 0 radical (unpaired) electrons. The van der Waals surface area contributed by atoms with E-state index >= 15 is 0 Å². The monoisotopic (exact) mass is 535 g/mol. The minimum absolute atomic E-state index is 0.0828. The van der Waals surface area contributed by atoms with E-state index in [9.17, 15) is 14.7 Å². The van der Waals surface area contributed by atoms with E-state index < -0.39 is 6.04 Å². The summed E-state index contributed by atoms with van der Waals surface area (Å²) in [6.45, 7) is 1.76. The Hall–Kier alpha value is -3.65. The van der Waals surface area contributed by atoms with Crippen LogP contribution in [-0.2, 0) is 4.79 Å². The summed E-state index contributed by atoms with van der Waals surface area (Å²) in [5.41, 5.74) is 2.26. The highest BCUT2D eigenvalue weighted by molar-refractivity contribution is 7.07. The molecule has 4 aromatic rings. The molecule has 0 spiro atoms. The fourth-order valence-electron chi connectivity index (χ4n) is 4.12. The van der Waals surface area contributed by atoms with Crippen LogP contribution in [0.25, 0.3) is 6.08 Å². The minimum atomic E-state index is -0.690. The zero-order valence-electron chi connectivity index (χ0n) is 18.9. The fraction of sp³-hybridized carbons (Fsp3) is 0.0741. The molecule has 36 heavy (non-hydrogen) atoms. The first kappa shape index (κ1) is 24.1. The van der Waals surface area contributed by atoms with E-state index in [4.69, 9.17) is 23.2 Å². The average molecular weight is 536 g/mol. The van der Waals surface area contributed by atoms with E-state index in [1.807, 2.05) is 48.5 Å². The number of anilines is 1. The molecular weight excluding hydrogens is 517 g/mol. The van der Waals surface area contributed by atoms with E-state index in [0.29, 0.717) is 36.9 Å². The SMILES string of the molecule is CC1=C(C(=O)Nc2ccccc2)[C@H](c2ccccc2)n2c(s/c(=C/c3cc(Cl)cc(Cl)c3O)c2=O)=N1. The number of carbonyl (C=O) groups excluding carboxylic acids is 1. The smallest absolute Gasteiger partial charge is 0.271 e. The van der Waals surface area contributed by atoms with Gasteiger partial charge in [0.15, 0.2) is 4.80 Å². The first-order valence-electron chi connectivity index (χ1n) is 11.0. The Morgan fingerprint density at radius 2 is 1.75 bits per heavy atom. The van der Waals surface area contributed by atoms with Crippen molar-refractivity contribution in [3.63, 3.8) is 0 Å². The molecule has 0 unspecified atom stereocenters. The van der Waals surface area contributed by atoms with Gasteiger partial charge in [0.1, 0.15) is 5.75 Å². The summed E-state index contributed by atoms with van der Waals surface area (Å²) >= 11 is 13.3. The van der Waals surface area contributed by atoms with Crippen LogP contribution >= 0.6 is 34.5 Å². The van der Waals surface area contributed by atoms with E-state index in [1.165, 1.54) is 22.8 Å². The van der Waals surface area contributed by atoms with Crippen LogP contribution in [0, 0.1) is 0 Å². The molecule has 3 aromatic carbocycles. The van der Waals surface area contributed by atoms with Gasteiger partial charge in [-0.15, -0.1) is 0 Å². The van der Waals surface area contributed by atoms with E-state index in [-0.39, 0.29) is 22.2 Å². The molecule has 5 rings (SSSR count). The maximum atomic E-state index is 13.7. The van der Waals surface area contributed by atoms with Gasteiger partial charge in [-0.3, -0.25) is 14.2 Å². The number of thiazole rings is 1. The summed E-state index contributed by atoms with van der Waals surface area (Å²) in [5.74, 6) is -0.518. The van der Waals surface area contributed by atoms with E-state index in [0.717, 1.165) is 16.9 Å². The number of phenolic OH excluding ortho intramolecular Hbond substituents is 1. The summed E-state index contributed by atoms with van der Waals surface area (Å²) in [6.07, 6.45) is 1.53. The minimum Gasteiger partial charge on any atom is -0.506 e. The lowest BCUT2D eigenvalue weighted by atomic mass is 9.95. The maximum absolute atomic E-state index is 13.7. The number of aromatic nitrogens is 1. The summed E-state index contributed by atoms with van der Waals surface area (Å²) in [4.78, 5) is 32.2. The largest absolute Gasteiger partial charge is 0.506 e. The number of carbonyl (C=O) groups is 1. The van der Waals surface area contributed by atoms with Gasteiger partial charge in [-0.1, -0.05) is 83.1 Å². The van der Waals surface area contributed by atoms with Crippen LogP contribution in [-0.4, -0.2) is 15.6 Å². The van der Waals surface area contributed by atoms with Crippen LogP contribution in [0.4, 0.5) is 5.69 Å². The number of fused-ring (bicyclic) bond motifs is 1. The molecular formula is C27H19Cl2N3O3S. The van der Waals surface area contributed by atoms with Gasteiger partial charge in [0.2, 0.25) is 0 Å². The molecule has 1 amide bonds. The van der Waals surface area contributed by atoms with Gasteiger partial charge >= 0.3 is 0 Å². The standard InChI is InChI=1S/C27H19Cl2N3O3S/c1-15-22(25(34)31-19-10-6-3-7-11-19)23(16-8-4-2-5-9-16)32-26(35)21(36-27(32)30-15)13-17-12-18(28)14-20(29)24(17)33/h2-14,23,33H,1H3,(H,31,34)/b21-13+/t23-/m0/s1. The number of nitrogens with one attached hydrogen (secondary N) is 1. The summed E-state index contributed by atoms with van der Waals surface area (Å²) in [7, 11) is 0. The lowest BCUT2D eigenvalue weighted by molar-refractivity contribution is -0.113. The number of para-hydroxylation sites is 1. The summed E-state index contributed by atoms with van der Waals surface area (Å²) in [5, 5.41) is 13.7. The lowest BCUT2D eigenvalue weighted by Gasteiger charge is -2.25. The van der Waals surface area contributed by atoms with Crippen molar-refractivity contribution >= 4 is 52.2 Å². The number of benzene rings is 3. The van der Waals surface area contributed by atoms with Gasteiger partial charge in [0.05, 0.1) is 26.9 Å². The zero-order valence-corrected chi connectivity index (χ0v) is 21.2. The fourth-order valence-corrected chi connectivity index (χ4v) is 5.67. The highest BCUT2D eigenvalue weighted by atomic mass is 35.5. The van der Waals surface area contributed by atoms with Crippen molar-refractivity contribution in [2.45, 2.75) is 13.0 Å². The van der Waals surface area contributed by atoms with Gasteiger partial charge in [0.25, 0.3) is 11.5 Å². The Bertz CT molecular complexity index is 1690. The normalized spacial score (nSPS) is 15.4. The predicted molar refractivity (Wildman–Crippen MR) is 143 cm³/mol. The molecule has 1 atom stereocenters. The second kappa shape index (κ2) is 9.78. The number of nitrogens with zero attached hydrogens (tertiary/aromatic N) is 2. The first-order chi connectivity index (χ1) is 17.3. The Morgan fingerprint density at radius 3 is 2.44 bits per heavy atom. The van der Waals surface area contributed by atoms with Gasteiger partial charge in [-0.25, -0.2) is 4.99 Å². The number of halogens is 2. The van der Waals surface area contributed by atoms with Gasteiger partial charge in [0, 0.05) is 16.3 Å². The van der Waals surface area contributed by atoms with Crippen LogP contribution in [0.3, 0.4) is 0 Å². The van der Waals surface area contributed by atoms with Crippen LogP contribution in [0.5, 0.6) is 5.75 Å². The van der Waals surface area contributed by atoms with Gasteiger partial charge < -0.3 is 10.4 Å². The molecule has 1 aromatic heterocycles. The molecule has 6 nitrogen and oxygen atoms in total. The zero-order chi connectivity index (χ0) is 25.4. The topological polar surface area (TPSA) is 83.7 Å². The quantitative estimate of drug-likeness (QED) is 0.390. The van der Waals surface area contributed by atoms with Crippen LogP contribution < -0.4 is 20.2 Å². The number of phenols is 1. The van der Waals surface area contributed by atoms with E-state index in [2.05, 4.69) is 10.3 Å². The molecule has 9 heteroatoms. The van der Waals surface area contributed by atoms with Crippen LogP contribution in [0.1, 0.15) is 24.1 Å². The molecule has 180 valence electrons. The molecule has 0 saturated carbocycles. The van der Waals surface area contributed by atoms with Crippen molar-refractivity contribution in [1.29, 1.82) is 0 Å². The number of amides is 1. The number of rotatable bonds is 4. The maximum Gasteiger partial charge on any atom is 0.271 e. The Kier molecular flexibility index (Phi) is 6.53. The highest BCUT2D eigenvalue weighted by Gasteiger charge is 2.32. The van der Waals surface area contributed by atoms with Crippen molar-refractivity contribution in [3.8, 4) is 5.75 Å². The van der Waals surface area contributed by atoms with Crippen LogP contribution in [0.15, 0.2) is 93.9 Å². The number of hydrogen-bond donors (Lipinski definition) is 2. The van der Waals surface area contributed by atoms with Gasteiger partial charge in [-0.05, 0) is 42.8 Å².